The second-order valence-corrected chi connectivity index (χ2v) is 6.18. The second-order valence-electron chi connectivity index (χ2n) is 5.56. The van der Waals surface area contributed by atoms with Gasteiger partial charge in [0.05, 0.1) is 11.6 Å². The molecule has 4 heterocycles. The minimum atomic E-state index is 0.319. The Bertz CT molecular complexity index is 611. The van der Waals surface area contributed by atoms with Crippen molar-refractivity contribution < 1.29 is 0 Å². The van der Waals surface area contributed by atoms with E-state index in [1.807, 2.05) is 13.2 Å². The number of nitrogens with zero attached hydrogens (tertiary/aromatic N) is 5. The largest absolute Gasteiger partial charge is 0.350 e. The van der Waals surface area contributed by atoms with Gasteiger partial charge in [-0.1, -0.05) is 0 Å². The highest BCUT2D eigenvalue weighted by Gasteiger charge is 2.41. The van der Waals surface area contributed by atoms with Crippen molar-refractivity contribution in [1.29, 1.82) is 0 Å². The average Bonchev–Trinajstić information content (AvgIpc) is 2.89. The van der Waals surface area contributed by atoms with Crippen LogP contribution >= 0.6 is 11.6 Å². The normalized spacial score (nSPS) is 30.2. The summed E-state index contributed by atoms with van der Waals surface area (Å²) in [6.45, 7) is 0. The van der Waals surface area contributed by atoms with Crippen LogP contribution in [0.15, 0.2) is 12.5 Å². The fourth-order valence-electron chi connectivity index (χ4n) is 3.61. The van der Waals surface area contributed by atoms with E-state index in [1.54, 1.807) is 11.0 Å². The van der Waals surface area contributed by atoms with Gasteiger partial charge in [0.2, 0.25) is 0 Å². The first-order chi connectivity index (χ1) is 9.24. The van der Waals surface area contributed by atoms with Crippen LogP contribution in [0.4, 0.5) is 5.82 Å². The number of hydrogen-bond acceptors (Lipinski definition) is 4. The monoisotopic (exact) mass is 277 g/mol. The summed E-state index contributed by atoms with van der Waals surface area (Å²) < 4.78 is 1.80. The third-order valence-corrected chi connectivity index (χ3v) is 4.78. The van der Waals surface area contributed by atoms with Crippen LogP contribution in [0.25, 0.3) is 11.0 Å². The highest BCUT2D eigenvalue weighted by Crippen LogP contribution is 2.41. The van der Waals surface area contributed by atoms with Gasteiger partial charge in [0.25, 0.3) is 0 Å². The molecule has 2 bridgehead atoms. The fourth-order valence-corrected chi connectivity index (χ4v) is 4.02. The molecule has 0 aliphatic carbocycles. The second kappa shape index (κ2) is 4.07. The molecule has 2 fully saturated rings. The van der Waals surface area contributed by atoms with Crippen LogP contribution in [0.1, 0.15) is 25.7 Å². The van der Waals surface area contributed by atoms with Crippen molar-refractivity contribution >= 4 is 28.5 Å². The van der Waals surface area contributed by atoms with Crippen molar-refractivity contribution in [3.05, 3.63) is 12.5 Å². The average molecular weight is 278 g/mol. The molecule has 2 aliphatic rings. The third-order valence-electron chi connectivity index (χ3n) is 4.43. The van der Waals surface area contributed by atoms with Crippen LogP contribution in [0.5, 0.6) is 0 Å². The number of aromatic nitrogens is 4. The van der Waals surface area contributed by atoms with Gasteiger partial charge in [-0.15, -0.1) is 11.6 Å². The van der Waals surface area contributed by atoms with E-state index in [4.69, 9.17) is 11.6 Å². The number of hydrogen-bond donors (Lipinski definition) is 0. The Morgan fingerprint density at radius 2 is 1.95 bits per heavy atom. The fraction of sp³-hybridized carbons (Fsp3) is 0.615. The molecule has 0 aromatic carbocycles. The minimum Gasteiger partial charge on any atom is -0.350 e. The summed E-state index contributed by atoms with van der Waals surface area (Å²) in [5.41, 5.74) is 0.900. The van der Waals surface area contributed by atoms with Gasteiger partial charge in [-0.05, 0) is 25.7 Å². The van der Waals surface area contributed by atoms with Crippen LogP contribution < -0.4 is 4.90 Å². The van der Waals surface area contributed by atoms with Crippen molar-refractivity contribution in [2.75, 3.05) is 4.90 Å². The van der Waals surface area contributed by atoms with Gasteiger partial charge in [-0.3, -0.25) is 4.68 Å². The maximum absolute atomic E-state index is 6.35. The zero-order valence-corrected chi connectivity index (χ0v) is 11.6. The quantitative estimate of drug-likeness (QED) is 0.749. The lowest BCUT2D eigenvalue weighted by atomic mass is 10.0. The smallest absolute Gasteiger partial charge is 0.163 e. The number of aryl methyl sites for hydroxylation is 1. The first kappa shape index (κ1) is 11.5. The van der Waals surface area contributed by atoms with E-state index in [0.29, 0.717) is 17.5 Å². The molecule has 0 amide bonds. The maximum atomic E-state index is 6.35. The molecule has 4 rings (SSSR count). The zero-order valence-electron chi connectivity index (χ0n) is 10.8. The van der Waals surface area contributed by atoms with E-state index in [1.165, 1.54) is 12.8 Å². The molecule has 19 heavy (non-hydrogen) atoms. The van der Waals surface area contributed by atoms with Gasteiger partial charge in [-0.25, -0.2) is 9.97 Å². The minimum absolute atomic E-state index is 0.319. The molecule has 2 aromatic rings. The molecule has 2 saturated heterocycles. The molecule has 2 aromatic heterocycles. The van der Waals surface area contributed by atoms with Crippen LogP contribution in [-0.4, -0.2) is 37.2 Å². The summed E-state index contributed by atoms with van der Waals surface area (Å²) in [6, 6.07) is 1.05. The van der Waals surface area contributed by atoms with Crippen molar-refractivity contribution in [3.8, 4) is 0 Å². The predicted molar refractivity (Wildman–Crippen MR) is 74.5 cm³/mol. The third kappa shape index (κ3) is 1.64. The molecule has 0 N–H and O–H groups in total. The Hall–Kier alpha value is -1.36. The van der Waals surface area contributed by atoms with Gasteiger partial charge < -0.3 is 4.90 Å². The highest BCUT2D eigenvalue weighted by molar-refractivity contribution is 6.20. The summed E-state index contributed by atoms with van der Waals surface area (Å²) in [5.74, 6) is 1.04. The van der Waals surface area contributed by atoms with Crippen molar-refractivity contribution in [3.63, 3.8) is 0 Å². The van der Waals surface area contributed by atoms with E-state index >= 15 is 0 Å². The molecule has 0 saturated carbocycles. The number of halogens is 1. The Morgan fingerprint density at radius 1 is 1.21 bits per heavy atom. The van der Waals surface area contributed by atoms with Crippen LogP contribution in [0.2, 0.25) is 0 Å². The van der Waals surface area contributed by atoms with Crippen molar-refractivity contribution in [2.45, 2.75) is 43.1 Å². The molecule has 0 spiro atoms. The summed E-state index contributed by atoms with van der Waals surface area (Å²) >= 11 is 6.35. The molecule has 6 heteroatoms. The van der Waals surface area contributed by atoms with Gasteiger partial charge >= 0.3 is 0 Å². The SMILES string of the molecule is Cn1ncc2c(N3C4CCC3CC(Cl)C4)ncnc21. The molecule has 0 radical (unpaired) electrons. The van der Waals surface area contributed by atoms with Crippen LogP contribution in [-0.2, 0) is 7.05 Å². The standard InChI is InChI=1S/C13H16ClN5/c1-18-12-11(6-17-18)13(16-7-15-12)19-9-2-3-10(19)5-8(14)4-9/h6-10H,2-5H2,1H3. The Morgan fingerprint density at radius 3 is 2.68 bits per heavy atom. The Balaban J connectivity index is 1.83. The molecule has 2 unspecified atom stereocenters. The lowest BCUT2D eigenvalue weighted by Gasteiger charge is -2.38. The summed E-state index contributed by atoms with van der Waals surface area (Å²) in [4.78, 5) is 11.3. The van der Waals surface area contributed by atoms with Gasteiger partial charge in [-0.2, -0.15) is 5.10 Å². The first-order valence-corrected chi connectivity index (χ1v) is 7.23. The summed E-state index contributed by atoms with van der Waals surface area (Å²) in [6.07, 6.45) is 8.08. The maximum Gasteiger partial charge on any atom is 0.163 e. The van der Waals surface area contributed by atoms with Crippen LogP contribution in [0.3, 0.4) is 0 Å². The van der Waals surface area contributed by atoms with Gasteiger partial charge in [0.1, 0.15) is 12.1 Å². The lowest BCUT2D eigenvalue weighted by Crippen LogP contribution is -2.44. The Labute approximate surface area is 116 Å². The Kier molecular flexibility index (Phi) is 2.45. The highest BCUT2D eigenvalue weighted by atomic mass is 35.5. The van der Waals surface area contributed by atoms with Crippen molar-refractivity contribution in [1.82, 2.24) is 19.7 Å². The number of anilines is 1. The van der Waals surface area contributed by atoms with Gasteiger partial charge in [0.15, 0.2) is 5.65 Å². The number of piperidine rings is 1. The number of rotatable bonds is 1. The predicted octanol–water partition coefficient (Wildman–Crippen LogP) is 2.10. The lowest BCUT2D eigenvalue weighted by molar-refractivity contribution is 0.471. The summed E-state index contributed by atoms with van der Waals surface area (Å²) in [7, 11) is 1.92. The topological polar surface area (TPSA) is 46.8 Å². The molecular weight excluding hydrogens is 262 g/mol. The first-order valence-electron chi connectivity index (χ1n) is 6.79. The molecule has 100 valence electrons. The molecule has 5 nitrogen and oxygen atoms in total. The van der Waals surface area contributed by atoms with Crippen molar-refractivity contribution in [2.24, 2.45) is 7.05 Å². The van der Waals surface area contributed by atoms with E-state index in [9.17, 15) is 0 Å². The van der Waals surface area contributed by atoms with Gasteiger partial charge in [0, 0.05) is 24.5 Å². The zero-order chi connectivity index (χ0) is 13.0. The molecule has 2 aliphatic heterocycles. The van der Waals surface area contributed by atoms with E-state index < -0.39 is 0 Å². The molecular formula is C13H16ClN5. The molecule has 2 atom stereocenters. The number of alkyl halides is 1. The van der Waals surface area contributed by atoms with E-state index in [2.05, 4.69) is 20.0 Å². The van der Waals surface area contributed by atoms with E-state index in [0.717, 1.165) is 29.7 Å². The summed E-state index contributed by atoms with van der Waals surface area (Å²) in [5, 5.41) is 5.67. The van der Waals surface area contributed by atoms with Crippen LogP contribution in [0, 0.1) is 0 Å². The van der Waals surface area contributed by atoms with E-state index in [-0.39, 0.29) is 0 Å². The number of fused-ring (bicyclic) bond motifs is 3.